The monoisotopic (exact) mass is 327 g/mol. The maximum absolute atomic E-state index is 12.3. The minimum atomic E-state index is -0.332. The van der Waals surface area contributed by atoms with Crippen molar-refractivity contribution >= 4 is 17.5 Å². The van der Waals surface area contributed by atoms with Crippen LogP contribution in [-0.2, 0) is 0 Å². The molecule has 2 N–H and O–H groups in total. The lowest BCUT2D eigenvalue weighted by Gasteiger charge is -2.11. The Morgan fingerprint density at radius 1 is 1.22 bits per heavy atom. The van der Waals surface area contributed by atoms with Crippen molar-refractivity contribution in [1.29, 1.82) is 0 Å². The number of amides is 1. The number of carbonyl (C=O) groups is 1. The summed E-state index contributed by atoms with van der Waals surface area (Å²) in [6, 6.07) is 10.2. The van der Waals surface area contributed by atoms with Gasteiger partial charge in [-0.2, -0.15) is 5.10 Å². The van der Waals surface area contributed by atoms with Crippen molar-refractivity contribution in [3.8, 4) is 11.4 Å². The Hall–Kier alpha value is -2.73. The number of nitrogens with one attached hydrogen (secondary N) is 2. The molecule has 3 rings (SSSR count). The zero-order valence-electron chi connectivity index (χ0n) is 12.3. The first-order valence-corrected chi connectivity index (χ1v) is 7.41. The van der Waals surface area contributed by atoms with Crippen molar-refractivity contribution in [2.45, 2.75) is 13.0 Å². The second-order valence-electron chi connectivity index (χ2n) is 4.96. The van der Waals surface area contributed by atoms with Gasteiger partial charge in [0, 0.05) is 18.0 Å². The van der Waals surface area contributed by atoms with Gasteiger partial charge in [0.15, 0.2) is 5.82 Å². The summed E-state index contributed by atoms with van der Waals surface area (Å²) < 4.78 is 0. The molecule has 2 aromatic heterocycles. The van der Waals surface area contributed by atoms with Crippen LogP contribution in [0.15, 0.2) is 48.8 Å². The molecule has 116 valence electrons. The van der Waals surface area contributed by atoms with E-state index in [1.54, 1.807) is 36.7 Å². The van der Waals surface area contributed by atoms with E-state index in [4.69, 9.17) is 11.6 Å². The smallest absolute Gasteiger partial charge is 0.253 e. The molecule has 1 aromatic carbocycles. The number of carbonyl (C=O) groups excluding carboxylic acids is 1. The van der Waals surface area contributed by atoms with Crippen LogP contribution in [0.4, 0.5) is 0 Å². The number of hydrogen-bond acceptors (Lipinski definition) is 4. The first-order valence-electron chi connectivity index (χ1n) is 7.03. The highest BCUT2D eigenvalue weighted by Gasteiger charge is 2.17. The van der Waals surface area contributed by atoms with Crippen LogP contribution in [0.25, 0.3) is 11.4 Å². The van der Waals surface area contributed by atoms with Gasteiger partial charge in [0.1, 0.15) is 5.82 Å². The Morgan fingerprint density at radius 3 is 2.70 bits per heavy atom. The molecule has 0 aliphatic rings. The number of pyridine rings is 1. The van der Waals surface area contributed by atoms with Gasteiger partial charge in [0.05, 0.1) is 16.6 Å². The molecule has 3 aromatic rings. The van der Waals surface area contributed by atoms with E-state index >= 15 is 0 Å². The number of nitrogens with zero attached hydrogens (tertiary/aromatic N) is 3. The van der Waals surface area contributed by atoms with Crippen LogP contribution in [0.2, 0.25) is 5.02 Å². The highest BCUT2D eigenvalue weighted by atomic mass is 35.5. The van der Waals surface area contributed by atoms with Crippen LogP contribution >= 0.6 is 11.6 Å². The Balaban J connectivity index is 1.74. The van der Waals surface area contributed by atoms with Crippen molar-refractivity contribution in [2.24, 2.45) is 0 Å². The Bertz CT molecular complexity index is 818. The predicted octanol–water partition coefficient (Wildman–Crippen LogP) is 3.01. The van der Waals surface area contributed by atoms with Gasteiger partial charge in [0.25, 0.3) is 5.91 Å². The molecule has 2 heterocycles. The van der Waals surface area contributed by atoms with E-state index in [2.05, 4.69) is 25.5 Å². The topological polar surface area (TPSA) is 83.6 Å². The Labute approximate surface area is 137 Å². The van der Waals surface area contributed by atoms with E-state index in [9.17, 15) is 4.79 Å². The second-order valence-corrected chi connectivity index (χ2v) is 5.36. The van der Waals surface area contributed by atoms with Crippen molar-refractivity contribution in [2.75, 3.05) is 0 Å². The highest BCUT2D eigenvalue weighted by molar-refractivity contribution is 6.33. The van der Waals surface area contributed by atoms with Crippen LogP contribution in [0.1, 0.15) is 29.1 Å². The zero-order valence-corrected chi connectivity index (χ0v) is 13.1. The summed E-state index contributed by atoms with van der Waals surface area (Å²) in [6.45, 7) is 1.82. The third kappa shape index (κ3) is 3.37. The minimum absolute atomic E-state index is 0.259. The normalized spacial score (nSPS) is 11.9. The molecule has 6 nitrogen and oxygen atoms in total. The van der Waals surface area contributed by atoms with E-state index in [1.807, 2.05) is 19.1 Å². The molecule has 23 heavy (non-hydrogen) atoms. The fourth-order valence-electron chi connectivity index (χ4n) is 2.09. The molecule has 0 spiro atoms. The lowest BCUT2D eigenvalue weighted by molar-refractivity contribution is 0.0938. The number of halogens is 1. The molecule has 0 aliphatic carbocycles. The SMILES string of the molecule is CC(NC(=O)c1ccccc1Cl)c1nc(-c2ccncc2)n[nH]1. The number of benzene rings is 1. The van der Waals surface area contributed by atoms with E-state index in [1.165, 1.54) is 0 Å². The van der Waals surface area contributed by atoms with Gasteiger partial charge in [-0.25, -0.2) is 4.98 Å². The number of rotatable bonds is 4. The summed E-state index contributed by atoms with van der Waals surface area (Å²) in [6.07, 6.45) is 3.35. The number of H-pyrrole nitrogens is 1. The van der Waals surface area contributed by atoms with E-state index in [-0.39, 0.29) is 11.9 Å². The third-order valence-corrected chi connectivity index (χ3v) is 3.65. The summed E-state index contributed by atoms with van der Waals surface area (Å²) in [4.78, 5) is 20.6. The van der Waals surface area contributed by atoms with Crippen LogP contribution in [0, 0.1) is 0 Å². The lowest BCUT2D eigenvalue weighted by atomic mass is 10.2. The maximum Gasteiger partial charge on any atom is 0.253 e. The molecule has 0 saturated heterocycles. The molecule has 7 heteroatoms. The highest BCUT2D eigenvalue weighted by Crippen LogP contribution is 2.18. The molecule has 1 atom stereocenters. The molecule has 1 unspecified atom stereocenters. The van der Waals surface area contributed by atoms with Gasteiger partial charge >= 0.3 is 0 Å². The predicted molar refractivity (Wildman–Crippen MR) is 86.9 cm³/mol. The second kappa shape index (κ2) is 6.58. The Kier molecular flexibility index (Phi) is 4.34. The molecular formula is C16H14ClN5O. The first kappa shape index (κ1) is 15.2. The van der Waals surface area contributed by atoms with Gasteiger partial charge in [-0.05, 0) is 31.2 Å². The van der Waals surface area contributed by atoms with Crippen molar-refractivity contribution in [3.05, 3.63) is 65.2 Å². The van der Waals surface area contributed by atoms with Gasteiger partial charge in [-0.3, -0.25) is 14.9 Å². The standard InChI is InChI=1S/C16H14ClN5O/c1-10(19-16(23)12-4-2-3-5-13(12)17)14-20-15(22-21-14)11-6-8-18-9-7-11/h2-10H,1H3,(H,19,23)(H,20,21,22). The number of aromatic nitrogens is 4. The molecular weight excluding hydrogens is 314 g/mol. The summed E-state index contributed by atoms with van der Waals surface area (Å²) in [5.74, 6) is 0.864. The fourth-order valence-corrected chi connectivity index (χ4v) is 2.31. The molecule has 0 aliphatic heterocycles. The summed E-state index contributed by atoms with van der Waals surface area (Å²) in [5, 5.41) is 10.3. The summed E-state index contributed by atoms with van der Waals surface area (Å²) >= 11 is 6.03. The lowest BCUT2D eigenvalue weighted by Crippen LogP contribution is -2.27. The first-order chi connectivity index (χ1) is 11.1. The average Bonchev–Trinajstić information content (AvgIpc) is 3.06. The van der Waals surface area contributed by atoms with Gasteiger partial charge in [-0.1, -0.05) is 23.7 Å². The van der Waals surface area contributed by atoms with Gasteiger partial charge < -0.3 is 5.32 Å². The molecule has 0 fully saturated rings. The van der Waals surface area contributed by atoms with Crippen LogP contribution in [-0.4, -0.2) is 26.1 Å². The molecule has 0 bridgehead atoms. The summed E-state index contributed by atoms with van der Waals surface area (Å²) in [7, 11) is 0. The number of hydrogen-bond donors (Lipinski definition) is 2. The van der Waals surface area contributed by atoms with E-state index in [0.29, 0.717) is 22.2 Å². The molecule has 0 saturated carbocycles. The van der Waals surface area contributed by atoms with Crippen molar-refractivity contribution in [3.63, 3.8) is 0 Å². The van der Waals surface area contributed by atoms with Crippen molar-refractivity contribution in [1.82, 2.24) is 25.5 Å². The Morgan fingerprint density at radius 2 is 1.96 bits per heavy atom. The van der Waals surface area contributed by atoms with Crippen LogP contribution in [0.3, 0.4) is 0 Å². The quantitative estimate of drug-likeness (QED) is 0.771. The van der Waals surface area contributed by atoms with Gasteiger partial charge in [0.2, 0.25) is 0 Å². The average molecular weight is 328 g/mol. The van der Waals surface area contributed by atoms with Crippen LogP contribution in [0.5, 0.6) is 0 Å². The largest absolute Gasteiger partial charge is 0.342 e. The maximum atomic E-state index is 12.3. The summed E-state index contributed by atoms with van der Waals surface area (Å²) in [5.41, 5.74) is 1.28. The number of aromatic amines is 1. The van der Waals surface area contributed by atoms with Crippen molar-refractivity contribution < 1.29 is 4.79 Å². The zero-order chi connectivity index (χ0) is 16.2. The van der Waals surface area contributed by atoms with Gasteiger partial charge in [-0.15, -0.1) is 0 Å². The molecule has 1 amide bonds. The van der Waals surface area contributed by atoms with E-state index < -0.39 is 0 Å². The van der Waals surface area contributed by atoms with E-state index in [0.717, 1.165) is 5.56 Å². The third-order valence-electron chi connectivity index (χ3n) is 3.32. The van der Waals surface area contributed by atoms with Crippen LogP contribution < -0.4 is 5.32 Å². The minimum Gasteiger partial charge on any atom is -0.342 e. The fraction of sp³-hybridized carbons (Fsp3) is 0.125. The molecule has 0 radical (unpaired) electrons.